The minimum Gasteiger partial charge on any atom is -0.469 e. The molecule has 0 radical (unpaired) electrons. The minimum absolute atomic E-state index is 0.128. The summed E-state index contributed by atoms with van der Waals surface area (Å²) in [5.41, 5.74) is 0.201. The quantitative estimate of drug-likeness (QED) is 0.122. The van der Waals surface area contributed by atoms with Crippen LogP contribution in [0.4, 0.5) is 11.4 Å². The fraction of sp³-hybridized carbons (Fsp3) is 0.556. The maximum atomic E-state index is 13.3. The number of carbonyl (C=O) groups is 6. The van der Waals surface area contributed by atoms with E-state index in [1.807, 2.05) is 6.26 Å². The Morgan fingerprint density at radius 1 is 1.02 bits per heavy atom. The number of hydrogen-bond donors (Lipinski definition) is 4. The summed E-state index contributed by atoms with van der Waals surface area (Å²) in [7, 11) is 1.20. The fourth-order valence-electron chi connectivity index (χ4n) is 4.32. The number of thioether (sulfide) groups is 1. The number of nitrogens with zero attached hydrogens (tertiary/aromatic N) is 2. The number of non-ortho nitro benzene ring substituents is 1. The van der Waals surface area contributed by atoms with Gasteiger partial charge in [0.05, 0.1) is 18.5 Å². The van der Waals surface area contributed by atoms with Gasteiger partial charge in [0.25, 0.3) is 5.69 Å². The van der Waals surface area contributed by atoms with Crippen molar-refractivity contribution in [3.05, 3.63) is 34.4 Å². The van der Waals surface area contributed by atoms with E-state index in [2.05, 4.69) is 26.0 Å². The van der Waals surface area contributed by atoms with Crippen LogP contribution in [-0.4, -0.2) is 95.2 Å². The van der Waals surface area contributed by atoms with Crippen molar-refractivity contribution >= 4 is 58.6 Å². The molecule has 0 aromatic heterocycles. The number of hydrogen-bond acceptors (Lipinski definition) is 10. The standard InChI is InChI=1S/C27H38N6O9S/c1-16(28-22(34)11-12-23(35)42-3)24(36)29-17(2)27(39)32-14-5-6-21(32)26(38)31-20(13-15-43-4)25(37)30-18-7-9-19(10-8-18)33(40)41/h7-10,16-17,20-21H,5-6,11-15H2,1-4H3,(H,28,34)(H,29,36)(H,30,37)(H,31,38)/t16-,17-,20-,21-/m1/s1. The Morgan fingerprint density at radius 2 is 1.70 bits per heavy atom. The maximum absolute atomic E-state index is 13.3. The van der Waals surface area contributed by atoms with Crippen molar-refractivity contribution in [3.8, 4) is 0 Å². The van der Waals surface area contributed by atoms with Gasteiger partial charge in [0.1, 0.15) is 24.2 Å². The number of carbonyl (C=O) groups excluding carboxylic acids is 6. The average molecular weight is 623 g/mol. The molecule has 4 N–H and O–H groups in total. The van der Waals surface area contributed by atoms with Gasteiger partial charge in [-0.1, -0.05) is 0 Å². The first kappa shape index (κ1) is 35.0. The molecule has 236 valence electrons. The molecule has 1 fully saturated rings. The van der Waals surface area contributed by atoms with Gasteiger partial charge < -0.3 is 30.9 Å². The van der Waals surface area contributed by atoms with Gasteiger partial charge in [-0.3, -0.25) is 38.9 Å². The summed E-state index contributed by atoms with van der Waals surface area (Å²) in [6, 6.07) is 1.54. The van der Waals surface area contributed by atoms with Gasteiger partial charge in [0, 0.05) is 30.8 Å². The zero-order chi connectivity index (χ0) is 32.1. The number of likely N-dealkylation sites (tertiary alicyclic amines) is 1. The largest absolute Gasteiger partial charge is 0.469 e. The van der Waals surface area contributed by atoms with Gasteiger partial charge in [0.15, 0.2) is 0 Å². The summed E-state index contributed by atoms with van der Waals surface area (Å²) < 4.78 is 4.48. The molecule has 0 aliphatic carbocycles. The highest BCUT2D eigenvalue weighted by molar-refractivity contribution is 7.98. The van der Waals surface area contributed by atoms with E-state index in [0.717, 1.165) is 0 Å². The summed E-state index contributed by atoms with van der Waals surface area (Å²) in [6.45, 7) is 3.19. The molecule has 0 bridgehead atoms. The van der Waals surface area contributed by atoms with Gasteiger partial charge in [-0.25, -0.2) is 0 Å². The molecule has 1 aliphatic rings. The van der Waals surface area contributed by atoms with Crippen LogP contribution in [0.3, 0.4) is 0 Å². The fourth-order valence-corrected chi connectivity index (χ4v) is 4.79. The molecule has 15 nitrogen and oxygen atoms in total. The molecule has 0 spiro atoms. The first-order chi connectivity index (χ1) is 20.4. The van der Waals surface area contributed by atoms with Crippen molar-refractivity contribution in [2.24, 2.45) is 0 Å². The lowest BCUT2D eigenvalue weighted by atomic mass is 10.1. The average Bonchev–Trinajstić information content (AvgIpc) is 3.47. The number of amides is 5. The number of methoxy groups -OCH3 is 1. The van der Waals surface area contributed by atoms with E-state index >= 15 is 0 Å². The Balaban J connectivity index is 1.99. The number of benzene rings is 1. The van der Waals surface area contributed by atoms with Gasteiger partial charge >= 0.3 is 5.97 Å². The molecule has 0 saturated carbocycles. The van der Waals surface area contributed by atoms with Crippen molar-refractivity contribution in [3.63, 3.8) is 0 Å². The van der Waals surface area contributed by atoms with Crippen LogP contribution in [0.25, 0.3) is 0 Å². The highest BCUT2D eigenvalue weighted by Gasteiger charge is 2.38. The van der Waals surface area contributed by atoms with E-state index < -0.39 is 64.6 Å². The number of nitrogens with one attached hydrogen (secondary N) is 4. The van der Waals surface area contributed by atoms with E-state index in [1.165, 1.54) is 61.9 Å². The number of nitro groups is 1. The number of anilines is 1. The van der Waals surface area contributed by atoms with Gasteiger partial charge in [0.2, 0.25) is 29.5 Å². The van der Waals surface area contributed by atoms with Crippen LogP contribution in [0.2, 0.25) is 0 Å². The van der Waals surface area contributed by atoms with Crippen LogP contribution in [-0.2, 0) is 33.5 Å². The number of nitro benzene ring substituents is 1. The third-order valence-electron chi connectivity index (χ3n) is 6.71. The first-order valence-corrected chi connectivity index (χ1v) is 15.1. The molecule has 5 amide bonds. The summed E-state index contributed by atoms with van der Waals surface area (Å²) >= 11 is 1.49. The normalized spacial score (nSPS) is 16.3. The highest BCUT2D eigenvalue weighted by Crippen LogP contribution is 2.20. The first-order valence-electron chi connectivity index (χ1n) is 13.7. The second kappa shape index (κ2) is 17.0. The summed E-state index contributed by atoms with van der Waals surface area (Å²) in [5, 5.41) is 21.3. The Kier molecular flexibility index (Phi) is 13.9. The van der Waals surface area contributed by atoms with Crippen molar-refractivity contribution in [2.75, 3.05) is 31.0 Å². The molecule has 1 saturated heterocycles. The van der Waals surface area contributed by atoms with Crippen molar-refractivity contribution in [2.45, 2.75) is 70.1 Å². The predicted molar refractivity (Wildman–Crippen MR) is 158 cm³/mol. The van der Waals surface area contributed by atoms with Crippen LogP contribution in [0.5, 0.6) is 0 Å². The van der Waals surface area contributed by atoms with E-state index in [-0.39, 0.29) is 25.1 Å². The number of esters is 1. The molecule has 16 heteroatoms. The van der Waals surface area contributed by atoms with E-state index in [9.17, 15) is 38.9 Å². The van der Waals surface area contributed by atoms with Crippen molar-refractivity contribution < 1.29 is 38.4 Å². The lowest BCUT2D eigenvalue weighted by molar-refractivity contribution is -0.384. The summed E-state index contributed by atoms with van der Waals surface area (Å²) in [5.74, 6) is -2.66. The van der Waals surface area contributed by atoms with Crippen molar-refractivity contribution in [1.29, 1.82) is 0 Å². The lowest BCUT2D eigenvalue weighted by Gasteiger charge is -2.29. The maximum Gasteiger partial charge on any atom is 0.306 e. The van der Waals surface area contributed by atoms with Crippen LogP contribution in [0.1, 0.15) is 46.0 Å². The molecular formula is C27H38N6O9S. The molecule has 1 aromatic carbocycles. The third kappa shape index (κ3) is 10.9. The van der Waals surface area contributed by atoms with Crippen LogP contribution in [0.15, 0.2) is 24.3 Å². The van der Waals surface area contributed by atoms with Crippen LogP contribution >= 0.6 is 11.8 Å². The van der Waals surface area contributed by atoms with Crippen LogP contribution < -0.4 is 21.3 Å². The molecule has 4 atom stereocenters. The molecule has 0 unspecified atom stereocenters. The Morgan fingerprint density at radius 3 is 2.30 bits per heavy atom. The summed E-state index contributed by atoms with van der Waals surface area (Å²) in [4.78, 5) is 87.0. The van der Waals surface area contributed by atoms with Crippen LogP contribution in [0, 0.1) is 10.1 Å². The Labute approximate surface area is 253 Å². The molecule has 1 aromatic rings. The second-order valence-corrected chi connectivity index (χ2v) is 10.9. The zero-order valence-electron chi connectivity index (χ0n) is 24.5. The minimum atomic E-state index is -1.01. The topological polar surface area (TPSA) is 206 Å². The molecule has 1 aliphatic heterocycles. The van der Waals surface area contributed by atoms with Gasteiger partial charge in [-0.15, -0.1) is 0 Å². The zero-order valence-corrected chi connectivity index (χ0v) is 25.4. The Hall–Kier alpha value is -4.21. The smallest absolute Gasteiger partial charge is 0.306 e. The van der Waals surface area contributed by atoms with Gasteiger partial charge in [-0.05, 0) is 57.3 Å². The van der Waals surface area contributed by atoms with Crippen molar-refractivity contribution in [1.82, 2.24) is 20.9 Å². The third-order valence-corrected chi connectivity index (χ3v) is 7.36. The van der Waals surface area contributed by atoms with E-state index in [0.29, 0.717) is 30.7 Å². The number of ether oxygens (including phenoxy) is 1. The molecule has 1 heterocycles. The molecule has 43 heavy (non-hydrogen) atoms. The number of rotatable bonds is 15. The molecule has 2 rings (SSSR count). The van der Waals surface area contributed by atoms with E-state index in [4.69, 9.17) is 0 Å². The second-order valence-electron chi connectivity index (χ2n) is 9.92. The van der Waals surface area contributed by atoms with Gasteiger partial charge in [-0.2, -0.15) is 11.8 Å². The summed E-state index contributed by atoms with van der Waals surface area (Å²) in [6.07, 6.45) is 2.77. The SMILES string of the molecule is COC(=O)CCC(=O)N[C@H](C)C(=O)N[C@H](C)C(=O)N1CCC[C@@H]1C(=O)N[C@H](CCSC)C(=O)Nc1ccc([N+](=O)[O-])cc1. The Bertz CT molecular complexity index is 1200. The van der Waals surface area contributed by atoms with E-state index in [1.54, 1.807) is 0 Å². The monoisotopic (exact) mass is 622 g/mol. The lowest BCUT2D eigenvalue weighted by Crippen LogP contribution is -2.56. The predicted octanol–water partition coefficient (Wildman–Crippen LogP) is 0.725. The molecular weight excluding hydrogens is 584 g/mol. The highest BCUT2D eigenvalue weighted by atomic mass is 32.2.